The summed E-state index contributed by atoms with van der Waals surface area (Å²) in [7, 11) is 0. The number of hydrogen-bond donors (Lipinski definition) is 0. The number of nitrogens with zero attached hydrogens (tertiary/aromatic N) is 3. The molecule has 1 unspecified atom stereocenters. The Hall–Kier alpha value is -1.91. The van der Waals surface area contributed by atoms with Crippen LogP contribution in [0.25, 0.3) is 0 Å². The van der Waals surface area contributed by atoms with Crippen LogP contribution in [0.3, 0.4) is 0 Å². The van der Waals surface area contributed by atoms with Crippen LogP contribution >= 0.6 is 0 Å². The molecule has 1 spiro atoms. The standard InChI is InChI=1S/C21H31N3O2/c1-16(2)8-12-23-14-21(10-7-19(23)25)9-4-11-24(15-21)20(26)18-6-5-17(3)22-13-18/h5-6,13,16H,4,7-12,14-15H2,1-3H3. The van der Waals surface area contributed by atoms with E-state index >= 15 is 0 Å². The third-order valence-electron chi connectivity index (χ3n) is 5.83. The van der Waals surface area contributed by atoms with Crippen LogP contribution in [0.5, 0.6) is 0 Å². The number of carbonyl (C=O) groups excluding carboxylic acids is 2. The maximum Gasteiger partial charge on any atom is 0.255 e. The van der Waals surface area contributed by atoms with E-state index in [9.17, 15) is 9.59 Å². The fraction of sp³-hybridized carbons (Fsp3) is 0.667. The molecular weight excluding hydrogens is 326 g/mol. The minimum atomic E-state index is 0.0664. The van der Waals surface area contributed by atoms with Crippen LogP contribution in [0, 0.1) is 18.3 Å². The van der Waals surface area contributed by atoms with Crippen molar-refractivity contribution in [2.24, 2.45) is 11.3 Å². The van der Waals surface area contributed by atoms with Crippen molar-refractivity contribution < 1.29 is 9.59 Å². The van der Waals surface area contributed by atoms with Crippen LogP contribution in [0.2, 0.25) is 0 Å². The van der Waals surface area contributed by atoms with Crippen LogP contribution in [0.1, 0.15) is 62.0 Å². The molecule has 0 aromatic carbocycles. The van der Waals surface area contributed by atoms with E-state index < -0.39 is 0 Å². The number of likely N-dealkylation sites (tertiary alicyclic amines) is 2. The largest absolute Gasteiger partial charge is 0.342 e. The van der Waals surface area contributed by atoms with E-state index in [0.717, 1.165) is 57.6 Å². The highest BCUT2D eigenvalue weighted by Crippen LogP contribution is 2.39. The van der Waals surface area contributed by atoms with Gasteiger partial charge < -0.3 is 9.80 Å². The van der Waals surface area contributed by atoms with E-state index in [0.29, 0.717) is 17.9 Å². The highest BCUT2D eigenvalue weighted by molar-refractivity contribution is 5.94. The van der Waals surface area contributed by atoms with Gasteiger partial charge in [0, 0.05) is 49.9 Å². The second-order valence-corrected chi connectivity index (χ2v) is 8.52. The van der Waals surface area contributed by atoms with Crippen LogP contribution in [-0.2, 0) is 4.79 Å². The van der Waals surface area contributed by atoms with Gasteiger partial charge in [0.1, 0.15) is 0 Å². The molecule has 2 fully saturated rings. The summed E-state index contributed by atoms with van der Waals surface area (Å²) in [6.07, 6.45) is 6.36. The zero-order valence-electron chi connectivity index (χ0n) is 16.3. The maximum absolute atomic E-state index is 12.9. The number of piperidine rings is 2. The molecule has 2 aliphatic rings. The van der Waals surface area contributed by atoms with Gasteiger partial charge in [-0.1, -0.05) is 13.8 Å². The van der Waals surface area contributed by atoms with Gasteiger partial charge in [-0.2, -0.15) is 0 Å². The Kier molecular flexibility index (Phi) is 5.64. The molecular formula is C21H31N3O2. The Morgan fingerprint density at radius 1 is 1.27 bits per heavy atom. The van der Waals surface area contributed by atoms with Gasteiger partial charge in [0.2, 0.25) is 5.91 Å². The van der Waals surface area contributed by atoms with E-state index in [2.05, 4.69) is 18.8 Å². The number of hydrogen-bond acceptors (Lipinski definition) is 3. The van der Waals surface area contributed by atoms with Crippen molar-refractivity contribution in [3.05, 3.63) is 29.6 Å². The third kappa shape index (κ3) is 4.25. The summed E-state index contributed by atoms with van der Waals surface area (Å²) in [5, 5.41) is 0. The molecule has 0 saturated carbocycles. The second-order valence-electron chi connectivity index (χ2n) is 8.52. The lowest BCUT2D eigenvalue weighted by molar-refractivity contribution is -0.139. The molecule has 26 heavy (non-hydrogen) atoms. The summed E-state index contributed by atoms with van der Waals surface area (Å²) in [5.41, 5.74) is 1.65. The number of amides is 2. The van der Waals surface area contributed by atoms with Crippen molar-refractivity contribution in [2.45, 2.75) is 52.9 Å². The van der Waals surface area contributed by atoms with Crippen molar-refractivity contribution in [1.29, 1.82) is 0 Å². The second kappa shape index (κ2) is 7.77. The summed E-state index contributed by atoms with van der Waals surface area (Å²) in [4.78, 5) is 33.5. The first-order valence-electron chi connectivity index (χ1n) is 9.88. The first kappa shape index (κ1) is 18.9. The van der Waals surface area contributed by atoms with Gasteiger partial charge in [0.05, 0.1) is 5.56 Å². The Morgan fingerprint density at radius 3 is 2.77 bits per heavy atom. The number of aromatic nitrogens is 1. The molecule has 5 nitrogen and oxygen atoms in total. The first-order valence-corrected chi connectivity index (χ1v) is 9.88. The van der Waals surface area contributed by atoms with E-state index in [1.807, 2.05) is 28.9 Å². The lowest BCUT2D eigenvalue weighted by atomic mass is 9.73. The summed E-state index contributed by atoms with van der Waals surface area (Å²) in [6, 6.07) is 3.76. The van der Waals surface area contributed by atoms with Crippen LogP contribution in [0.15, 0.2) is 18.3 Å². The molecule has 142 valence electrons. The third-order valence-corrected chi connectivity index (χ3v) is 5.83. The smallest absolute Gasteiger partial charge is 0.255 e. The quantitative estimate of drug-likeness (QED) is 0.831. The predicted molar refractivity (Wildman–Crippen MR) is 102 cm³/mol. The summed E-state index contributed by atoms with van der Waals surface area (Å²) in [6.45, 7) is 9.51. The highest BCUT2D eigenvalue weighted by Gasteiger charge is 2.42. The van der Waals surface area contributed by atoms with Crippen LogP contribution < -0.4 is 0 Å². The Morgan fingerprint density at radius 2 is 2.08 bits per heavy atom. The molecule has 2 amide bonds. The predicted octanol–water partition coefficient (Wildman–Crippen LogP) is 3.28. The lowest BCUT2D eigenvalue weighted by Crippen LogP contribution is -2.55. The summed E-state index contributed by atoms with van der Waals surface area (Å²) >= 11 is 0. The average Bonchev–Trinajstić information content (AvgIpc) is 2.63. The Bertz CT molecular complexity index is 656. The molecule has 0 bridgehead atoms. The normalized spacial score (nSPS) is 23.8. The molecule has 2 saturated heterocycles. The Labute approximate surface area is 156 Å². The van der Waals surface area contributed by atoms with Crippen molar-refractivity contribution in [1.82, 2.24) is 14.8 Å². The first-order chi connectivity index (χ1) is 12.4. The number of carbonyl (C=O) groups is 2. The van der Waals surface area contributed by atoms with Crippen molar-refractivity contribution in [2.75, 3.05) is 26.2 Å². The van der Waals surface area contributed by atoms with Crippen molar-refractivity contribution in [3.63, 3.8) is 0 Å². The van der Waals surface area contributed by atoms with Gasteiger partial charge in [-0.25, -0.2) is 0 Å². The molecule has 0 aliphatic carbocycles. The molecule has 3 rings (SSSR count). The molecule has 1 atom stereocenters. The lowest BCUT2D eigenvalue weighted by Gasteiger charge is -2.48. The monoisotopic (exact) mass is 357 g/mol. The minimum Gasteiger partial charge on any atom is -0.342 e. The van der Waals surface area contributed by atoms with E-state index in [1.165, 1.54) is 0 Å². The molecule has 5 heteroatoms. The molecule has 0 N–H and O–H groups in total. The average molecular weight is 357 g/mol. The van der Waals surface area contributed by atoms with Crippen LogP contribution in [0.4, 0.5) is 0 Å². The SMILES string of the molecule is Cc1ccc(C(=O)N2CCCC3(CCC(=O)N(CCC(C)C)C3)C2)cn1. The Balaban J connectivity index is 1.69. The summed E-state index contributed by atoms with van der Waals surface area (Å²) < 4.78 is 0. The van der Waals surface area contributed by atoms with E-state index in [-0.39, 0.29) is 17.2 Å². The van der Waals surface area contributed by atoms with Gasteiger partial charge in [-0.3, -0.25) is 14.6 Å². The fourth-order valence-corrected chi connectivity index (χ4v) is 4.21. The minimum absolute atomic E-state index is 0.0664. The number of pyridine rings is 1. The zero-order chi connectivity index (χ0) is 18.7. The van der Waals surface area contributed by atoms with Gasteiger partial charge >= 0.3 is 0 Å². The number of rotatable bonds is 4. The summed E-state index contributed by atoms with van der Waals surface area (Å²) in [5.74, 6) is 0.948. The van der Waals surface area contributed by atoms with E-state index in [4.69, 9.17) is 0 Å². The van der Waals surface area contributed by atoms with Crippen LogP contribution in [-0.4, -0.2) is 52.8 Å². The van der Waals surface area contributed by atoms with Gasteiger partial charge in [0.15, 0.2) is 0 Å². The molecule has 0 radical (unpaired) electrons. The molecule has 1 aromatic heterocycles. The van der Waals surface area contributed by atoms with Crippen molar-refractivity contribution in [3.8, 4) is 0 Å². The number of aryl methyl sites for hydroxylation is 1. The molecule has 3 heterocycles. The fourth-order valence-electron chi connectivity index (χ4n) is 4.21. The topological polar surface area (TPSA) is 53.5 Å². The van der Waals surface area contributed by atoms with Crippen molar-refractivity contribution >= 4 is 11.8 Å². The van der Waals surface area contributed by atoms with Gasteiger partial charge in [0.25, 0.3) is 5.91 Å². The van der Waals surface area contributed by atoms with Gasteiger partial charge in [-0.15, -0.1) is 0 Å². The van der Waals surface area contributed by atoms with Gasteiger partial charge in [-0.05, 0) is 50.7 Å². The maximum atomic E-state index is 12.9. The highest BCUT2D eigenvalue weighted by atomic mass is 16.2. The molecule has 2 aliphatic heterocycles. The van der Waals surface area contributed by atoms with E-state index in [1.54, 1.807) is 6.20 Å². The molecule has 1 aromatic rings. The zero-order valence-corrected chi connectivity index (χ0v) is 16.3.